The standard InChI is InChI=1S/C7H7F3N4S/c8-7(9,10)3-14-6-4(5(11)15)12-1-2-13-6/h1-2H,3H2,(H2,11,15)(H,13,14). The van der Waals surface area contributed by atoms with Gasteiger partial charge in [0.2, 0.25) is 0 Å². The Morgan fingerprint density at radius 2 is 2.00 bits per heavy atom. The quantitative estimate of drug-likeness (QED) is 0.769. The second kappa shape index (κ2) is 4.39. The van der Waals surface area contributed by atoms with E-state index in [1.165, 1.54) is 12.4 Å². The summed E-state index contributed by atoms with van der Waals surface area (Å²) in [5.41, 5.74) is 5.31. The smallest absolute Gasteiger partial charge is 0.388 e. The van der Waals surface area contributed by atoms with Crippen LogP contribution >= 0.6 is 12.2 Å². The number of hydrogen-bond acceptors (Lipinski definition) is 4. The molecule has 0 amide bonds. The van der Waals surface area contributed by atoms with E-state index in [4.69, 9.17) is 5.73 Å². The molecule has 0 bridgehead atoms. The molecule has 3 N–H and O–H groups in total. The Morgan fingerprint density at radius 3 is 2.53 bits per heavy atom. The summed E-state index contributed by atoms with van der Waals surface area (Å²) in [5, 5.41) is 2.07. The van der Waals surface area contributed by atoms with Crippen LogP contribution in [0.1, 0.15) is 5.69 Å². The Bertz CT molecular complexity index is 365. The molecule has 0 unspecified atom stereocenters. The van der Waals surface area contributed by atoms with Crippen LogP contribution in [-0.2, 0) is 0 Å². The third-order valence-corrected chi connectivity index (χ3v) is 1.58. The maximum atomic E-state index is 11.9. The number of nitrogens with two attached hydrogens (primary N) is 1. The van der Waals surface area contributed by atoms with Crippen molar-refractivity contribution in [2.24, 2.45) is 5.73 Å². The van der Waals surface area contributed by atoms with Gasteiger partial charge in [0.1, 0.15) is 17.2 Å². The number of alkyl halides is 3. The Hall–Kier alpha value is -1.44. The molecule has 0 saturated carbocycles. The first kappa shape index (κ1) is 11.6. The highest BCUT2D eigenvalue weighted by molar-refractivity contribution is 7.80. The van der Waals surface area contributed by atoms with Gasteiger partial charge in [-0.3, -0.25) is 0 Å². The minimum Gasteiger partial charge on any atom is -0.388 e. The van der Waals surface area contributed by atoms with E-state index in [9.17, 15) is 13.2 Å². The number of rotatable bonds is 3. The Labute approximate surface area is 88.7 Å². The van der Waals surface area contributed by atoms with E-state index in [2.05, 4.69) is 27.5 Å². The second-order valence-electron chi connectivity index (χ2n) is 2.59. The van der Waals surface area contributed by atoms with Crippen molar-refractivity contribution in [3.8, 4) is 0 Å². The van der Waals surface area contributed by atoms with Gasteiger partial charge in [-0.15, -0.1) is 0 Å². The van der Waals surface area contributed by atoms with Gasteiger partial charge in [0.25, 0.3) is 0 Å². The van der Waals surface area contributed by atoms with Crippen LogP contribution in [0, 0.1) is 0 Å². The molecular weight excluding hydrogens is 229 g/mol. The zero-order valence-corrected chi connectivity index (χ0v) is 8.19. The van der Waals surface area contributed by atoms with Gasteiger partial charge in [0.15, 0.2) is 5.82 Å². The molecule has 8 heteroatoms. The largest absolute Gasteiger partial charge is 0.405 e. The highest BCUT2D eigenvalue weighted by atomic mass is 32.1. The molecule has 4 nitrogen and oxygen atoms in total. The summed E-state index contributed by atoms with van der Waals surface area (Å²) in [7, 11) is 0. The van der Waals surface area contributed by atoms with Gasteiger partial charge in [-0.1, -0.05) is 12.2 Å². The first-order chi connectivity index (χ1) is 6.90. The summed E-state index contributed by atoms with van der Waals surface area (Å²) in [6.07, 6.45) is -1.78. The molecule has 0 aliphatic rings. The third-order valence-electron chi connectivity index (χ3n) is 1.39. The maximum Gasteiger partial charge on any atom is 0.405 e. The van der Waals surface area contributed by atoms with Crippen molar-refractivity contribution in [3.05, 3.63) is 18.1 Å². The highest BCUT2D eigenvalue weighted by Crippen LogP contribution is 2.16. The van der Waals surface area contributed by atoms with Crippen molar-refractivity contribution in [2.75, 3.05) is 11.9 Å². The summed E-state index contributed by atoms with van der Waals surface area (Å²) in [4.78, 5) is 7.28. The van der Waals surface area contributed by atoms with Crippen molar-refractivity contribution < 1.29 is 13.2 Å². The van der Waals surface area contributed by atoms with E-state index in [0.29, 0.717) is 0 Å². The molecule has 1 aromatic heterocycles. The molecule has 1 rings (SSSR count). The molecule has 0 radical (unpaired) electrons. The lowest BCUT2D eigenvalue weighted by molar-refractivity contribution is -0.115. The van der Waals surface area contributed by atoms with Gasteiger partial charge in [-0.2, -0.15) is 13.2 Å². The average Bonchev–Trinajstić information content (AvgIpc) is 2.14. The molecule has 1 heterocycles. The fourth-order valence-corrected chi connectivity index (χ4v) is 0.981. The number of nitrogens with zero attached hydrogens (tertiary/aromatic N) is 2. The lowest BCUT2D eigenvalue weighted by atomic mass is 10.4. The van der Waals surface area contributed by atoms with Crippen LogP contribution in [0.25, 0.3) is 0 Å². The SMILES string of the molecule is NC(=S)c1nccnc1NCC(F)(F)F. The van der Waals surface area contributed by atoms with Crippen molar-refractivity contribution in [1.82, 2.24) is 9.97 Å². The lowest BCUT2D eigenvalue weighted by Crippen LogP contribution is -2.24. The van der Waals surface area contributed by atoms with Crippen LogP contribution in [0.15, 0.2) is 12.4 Å². The summed E-state index contributed by atoms with van der Waals surface area (Å²) in [6, 6.07) is 0. The van der Waals surface area contributed by atoms with Crippen LogP contribution < -0.4 is 11.1 Å². The molecule has 0 fully saturated rings. The fourth-order valence-electron chi connectivity index (χ4n) is 0.832. The number of aromatic nitrogens is 2. The number of anilines is 1. The van der Waals surface area contributed by atoms with Crippen LogP contribution in [0.4, 0.5) is 19.0 Å². The zero-order valence-electron chi connectivity index (χ0n) is 7.38. The molecule has 15 heavy (non-hydrogen) atoms. The normalized spacial score (nSPS) is 11.1. The average molecular weight is 236 g/mol. The van der Waals surface area contributed by atoms with Gasteiger partial charge in [0, 0.05) is 12.4 Å². The van der Waals surface area contributed by atoms with E-state index in [0.717, 1.165) is 0 Å². The van der Waals surface area contributed by atoms with Gasteiger partial charge in [-0.05, 0) is 0 Å². The van der Waals surface area contributed by atoms with E-state index in [-0.39, 0.29) is 16.5 Å². The predicted molar refractivity (Wildman–Crippen MR) is 52.5 cm³/mol. The van der Waals surface area contributed by atoms with Crippen LogP contribution in [0.2, 0.25) is 0 Å². The zero-order chi connectivity index (χ0) is 11.5. The molecule has 82 valence electrons. The second-order valence-corrected chi connectivity index (χ2v) is 3.03. The fraction of sp³-hybridized carbons (Fsp3) is 0.286. The minimum atomic E-state index is -4.33. The topological polar surface area (TPSA) is 63.8 Å². The number of hydrogen-bond donors (Lipinski definition) is 2. The van der Waals surface area contributed by atoms with E-state index >= 15 is 0 Å². The maximum absolute atomic E-state index is 11.9. The van der Waals surface area contributed by atoms with Gasteiger partial charge in [-0.25, -0.2) is 9.97 Å². The van der Waals surface area contributed by atoms with Crippen molar-refractivity contribution in [2.45, 2.75) is 6.18 Å². The van der Waals surface area contributed by atoms with Crippen LogP contribution in [0.5, 0.6) is 0 Å². The summed E-state index contributed by atoms with van der Waals surface area (Å²) < 4.78 is 35.7. The minimum absolute atomic E-state index is 0.0525. The Morgan fingerprint density at radius 1 is 1.40 bits per heavy atom. The number of nitrogens with one attached hydrogen (secondary N) is 1. The van der Waals surface area contributed by atoms with E-state index in [1.54, 1.807) is 0 Å². The summed E-state index contributed by atoms with van der Waals surface area (Å²) in [6.45, 7) is -1.21. The lowest BCUT2D eigenvalue weighted by Gasteiger charge is -2.10. The molecule has 0 spiro atoms. The summed E-state index contributed by atoms with van der Waals surface area (Å²) >= 11 is 4.61. The third kappa shape index (κ3) is 3.66. The van der Waals surface area contributed by atoms with Crippen molar-refractivity contribution in [3.63, 3.8) is 0 Å². The molecule has 0 aliphatic heterocycles. The van der Waals surface area contributed by atoms with Crippen molar-refractivity contribution in [1.29, 1.82) is 0 Å². The Kier molecular flexibility index (Phi) is 3.40. The van der Waals surface area contributed by atoms with Crippen molar-refractivity contribution >= 4 is 23.0 Å². The van der Waals surface area contributed by atoms with Gasteiger partial charge < -0.3 is 11.1 Å². The monoisotopic (exact) mass is 236 g/mol. The number of thiocarbonyl (C=S) groups is 1. The molecule has 0 aliphatic carbocycles. The highest BCUT2D eigenvalue weighted by Gasteiger charge is 2.27. The van der Waals surface area contributed by atoms with E-state index < -0.39 is 12.7 Å². The molecule has 0 aromatic carbocycles. The van der Waals surface area contributed by atoms with Gasteiger partial charge >= 0.3 is 6.18 Å². The predicted octanol–water partition coefficient (Wildman–Crippen LogP) is 1.08. The molecule has 1 aromatic rings. The van der Waals surface area contributed by atoms with Crippen LogP contribution in [-0.4, -0.2) is 27.7 Å². The molecule has 0 saturated heterocycles. The first-order valence-electron chi connectivity index (χ1n) is 3.81. The first-order valence-corrected chi connectivity index (χ1v) is 4.22. The number of halogens is 3. The van der Waals surface area contributed by atoms with E-state index in [1.807, 2.05) is 0 Å². The van der Waals surface area contributed by atoms with Crippen LogP contribution in [0.3, 0.4) is 0 Å². The Balaban J connectivity index is 2.81. The molecule has 0 atom stereocenters. The summed E-state index contributed by atoms with van der Waals surface area (Å²) in [5.74, 6) is -0.0673. The molecular formula is C7H7F3N4S. The van der Waals surface area contributed by atoms with Gasteiger partial charge in [0.05, 0.1) is 0 Å².